The van der Waals surface area contributed by atoms with Crippen LogP contribution in [-0.4, -0.2) is 17.4 Å². The first-order valence-electron chi connectivity index (χ1n) is 9.49. The highest BCUT2D eigenvalue weighted by molar-refractivity contribution is 7.14. The maximum Gasteiger partial charge on any atom is 0.362 e. The van der Waals surface area contributed by atoms with Crippen LogP contribution in [0, 0.1) is 0 Å². The predicted octanol–water partition coefficient (Wildman–Crippen LogP) is 4.97. The van der Waals surface area contributed by atoms with E-state index in [4.69, 9.17) is 4.84 Å². The van der Waals surface area contributed by atoms with Gasteiger partial charge in [0, 0.05) is 11.8 Å². The molecule has 0 bridgehead atoms. The molecule has 1 aliphatic rings. The van der Waals surface area contributed by atoms with E-state index in [2.05, 4.69) is 10.8 Å². The number of benzene rings is 2. The molecule has 150 valence electrons. The highest BCUT2D eigenvalue weighted by Gasteiger charge is 2.37. The van der Waals surface area contributed by atoms with Gasteiger partial charge in [-0.2, -0.15) is 5.48 Å². The Morgan fingerprint density at radius 1 is 0.933 bits per heavy atom. The smallest absolute Gasteiger partial charge is 0.359 e. The van der Waals surface area contributed by atoms with Crippen LogP contribution in [0.25, 0.3) is 11.1 Å². The fourth-order valence-electron chi connectivity index (χ4n) is 3.16. The minimum absolute atomic E-state index is 0.365. The Balaban J connectivity index is 1.48. The van der Waals surface area contributed by atoms with Crippen molar-refractivity contribution < 1.29 is 14.4 Å². The fraction of sp³-hybridized carbons (Fsp3) is 0.0833. The molecule has 0 saturated carbocycles. The van der Waals surface area contributed by atoms with Crippen LogP contribution < -0.4 is 10.8 Å². The number of carbonyl (C=O) groups is 2. The van der Waals surface area contributed by atoms with E-state index < -0.39 is 17.4 Å². The third-order valence-corrected chi connectivity index (χ3v) is 5.62. The van der Waals surface area contributed by atoms with E-state index in [1.165, 1.54) is 11.3 Å². The third-order valence-electron chi connectivity index (χ3n) is 4.77. The van der Waals surface area contributed by atoms with Crippen LogP contribution in [-0.2, 0) is 9.63 Å². The van der Waals surface area contributed by atoms with E-state index in [1.807, 2.05) is 53.9 Å². The Morgan fingerprint density at radius 3 is 2.37 bits per heavy atom. The summed E-state index contributed by atoms with van der Waals surface area (Å²) in [6.07, 6.45) is 7.79. The Bertz CT molecular complexity index is 1090. The molecule has 1 aromatic heterocycles. The van der Waals surface area contributed by atoms with E-state index in [0.29, 0.717) is 12.0 Å². The minimum atomic E-state index is -1.05. The van der Waals surface area contributed by atoms with Crippen molar-refractivity contribution in [2.75, 3.05) is 5.32 Å². The summed E-state index contributed by atoms with van der Waals surface area (Å²) in [5.74, 6) is -1.06. The summed E-state index contributed by atoms with van der Waals surface area (Å²) in [6, 6.07) is 20.6. The monoisotopic (exact) mass is 416 g/mol. The number of hydroxylamine groups is 1. The van der Waals surface area contributed by atoms with Crippen LogP contribution in [0.15, 0.2) is 96.4 Å². The van der Waals surface area contributed by atoms with Gasteiger partial charge in [0.05, 0.1) is 10.6 Å². The maximum absolute atomic E-state index is 13.0. The summed E-state index contributed by atoms with van der Waals surface area (Å²) < 4.78 is 0. The molecule has 1 atom stereocenters. The summed E-state index contributed by atoms with van der Waals surface area (Å²) >= 11 is 1.52. The van der Waals surface area contributed by atoms with E-state index >= 15 is 0 Å². The third kappa shape index (κ3) is 4.34. The second-order valence-electron chi connectivity index (χ2n) is 6.84. The fourth-order valence-corrected chi connectivity index (χ4v) is 4.05. The minimum Gasteiger partial charge on any atom is -0.359 e. The Hall–Kier alpha value is -3.64. The molecule has 0 fully saturated rings. The van der Waals surface area contributed by atoms with Gasteiger partial charge in [0.25, 0.3) is 5.91 Å². The quantitative estimate of drug-likeness (QED) is 0.576. The summed E-state index contributed by atoms with van der Waals surface area (Å²) in [5, 5.41) is 6.21. The molecule has 1 amide bonds. The molecule has 1 unspecified atom stereocenters. The van der Waals surface area contributed by atoms with Crippen molar-refractivity contribution in [3.63, 3.8) is 0 Å². The molecular formula is C24H20N2O3S. The molecule has 0 saturated heterocycles. The molecule has 6 heteroatoms. The Morgan fingerprint density at radius 2 is 1.67 bits per heavy atom. The Labute approximate surface area is 178 Å². The Kier molecular flexibility index (Phi) is 5.77. The standard InChI is InChI=1S/C24H20N2O3S/c27-22(19-12-6-2-7-13-19)29-26-23(28)24(14-8-3-9-15-24)25-21-16-20(17-30-21)18-10-4-1-5-11-18/h1-14,16-17,25H,15H2,(H,26,28). The number of thiophene rings is 1. The normalized spacial score (nSPS) is 17.3. The lowest BCUT2D eigenvalue weighted by molar-refractivity contribution is -0.133. The van der Waals surface area contributed by atoms with Crippen LogP contribution in [0.4, 0.5) is 5.00 Å². The van der Waals surface area contributed by atoms with Gasteiger partial charge in [0.15, 0.2) is 0 Å². The van der Waals surface area contributed by atoms with Crippen LogP contribution in [0.3, 0.4) is 0 Å². The predicted molar refractivity (Wildman–Crippen MR) is 119 cm³/mol. The molecule has 3 aromatic rings. The van der Waals surface area contributed by atoms with Gasteiger partial charge in [-0.25, -0.2) is 4.79 Å². The second kappa shape index (κ2) is 8.80. The molecule has 2 N–H and O–H groups in total. The molecular weight excluding hydrogens is 396 g/mol. The second-order valence-corrected chi connectivity index (χ2v) is 7.75. The van der Waals surface area contributed by atoms with E-state index in [9.17, 15) is 9.59 Å². The highest BCUT2D eigenvalue weighted by atomic mass is 32.1. The molecule has 5 nitrogen and oxygen atoms in total. The van der Waals surface area contributed by atoms with Crippen molar-refractivity contribution in [3.8, 4) is 11.1 Å². The van der Waals surface area contributed by atoms with Crippen molar-refractivity contribution >= 4 is 28.2 Å². The topological polar surface area (TPSA) is 67.4 Å². The number of carbonyl (C=O) groups excluding carboxylic acids is 2. The van der Waals surface area contributed by atoms with Crippen LogP contribution in [0.2, 0.25) is 0 Å². The first kappa shape index (κ1) is 19.7. The lowest BCUT2D eigenvalue weighted by Crippen LogP contribution is -2.51. The number of amides is 1. The largest absolute Gasteiger partial charge is 0.362 e. The zero-order valence-electron chi connectivity index (χ0n) is 16.1. The number of nitrogens with one attached hydrogen (secondary N) is 2. The molecule has 0 spiro atoms. The lowest BCUT2D eigenvalue weighted by Gasteiger charge is -2.30. The zero-order chi connectivity index (χ0) is 20.8. The van der Waals surface area contributed by atoms with Gasteiger partial charge < -0.3 is 10.2 Å². The van der Waals surface area contributed by atoms with Gasteiger partial charge in [-0.15, -0.1) is 11.3 Å². The summed E-state index contributed by atoms with van der Waals surface area (Å²) in [6.45, 7) is 0. The molecule has 30 heavy (non-hydrogen) atoms. The summed E-state index contributed by atoms with van der Waals surface area (Å²) in [5.41, 5.74) is 3.81. The molecule has 0 aliphatic heterocycles. The van der Waals surface area contributed by atoms with Crippen molar-refractivity contribution in [3.05, 3.63) is 102 Å². The molecule has 2 aromatic carbocycles. The van der Waals surface area contributed by atoms with Gasteiger partial charge in [-0.1, -0.05) is 66.8 Å². The van der Waals surface area contributed by atoms with E-state index in [1.54, 1.807) is 42.5 Å². The number of hydrogen-bond acceptors (Lipinski definition) is 5. The van der Waals surface area contributed by atoms with Crippen molar-refractivity contribution in [1.82, 2.24) is 5.48 Å². The molecule has 0 radical (unpaired) electrons. The summed E-state index contributed by atoms with van der Waals surface area (Å²) in [4.78, 5) is 30.2. The SMILES string of the molecule is O=C(ONC(=O)C1(Nc2cc(-c3ccccc3)cs2)C=CC=CC1)c1ccccc1. The summed E-state index contributed by atoms with van der Waals surface area (Å²) in [7, 11) is 0. The van der Waals surface area contributed by atoms with Gasteiger partial charge >= 0.3 is 5.97 Å². The van der Waals surface area contributed by atoms with Crippen molar-refractivity contribution in [1.29, 1.82) is 0 Å². The number of anilines is 1. The number of rotatable bonds is 5. The van der Waals surface area contributed by atoms with Gasteiger partial charge in [0.2, 0.25) is 0 Å². The van der Waals surface area contributed by atoms with Crippen LogP contribution in [0.1, 0.15) is 16.8 Å². The van der Waals surface area contributed by atoms with Crippen LogP contribution >= 0.6 is 11.3 Å². The molecule has 1 heterocycles. The molecule has 4 rings (SSSR count). The first-order chi connectivity index (χ1) is 14.7. The van der Waals surface area contributed by atoms with Crippen molar-refractivity contribution in [2.45, 2.75) is 12.0 Å². The first-order valence-corrected chi connectivity index (χ1v) is 10.4. The maximum atomic E-state index is 13.0. The average molecular weight is 417 g/mol. The number of hydrogen-bond donors (Lipinski definition) is 2. The lowest BCUT2D eigenvalue weighted by atomic mass is 9.90. The van der Waals surface area contributed by atoms with E-state index in [-0.39, 0.29) is 0 Å². The molecule has 1 aliphatic carbocycles. The van der Waals surface area contributed by atoms with Crippen LogP contribution in [0.5, 0.6) is 0 Å². The van der Waals surface area contributed by atoms with Crippen molar-refractivity contribution in [2.24, 2.45) is 0 Å². The number of allylic oxidation sites excluding steroid dienone is 2. The van der Waals surface area contributed by atoms with Gasteiger partial charge in [0.1, 0.15) is 5.54 Å². The van der Waals surface area contributed by atoms with Gasteiger partial charge in [-0.3, -0.25) is 4.79 Å². The van der Waals surface area contributed by atoms with Gasteiger partial charge in [-0.05, 0) is 35.4 Å². The highest BCUT2D eigenvalue weighted by Crippen LogP contribution is 2.33. The van der Waals surface area contributed by atoms with E-state index in [0.717, 1.165) is 16.1 Å². The average Bonchev–Trinajstić information content (AvgIpc) is 3.27. The zero-order valence-corrected chi connectivity index (χ0v) is 16.9.